The molecule has 0 heterocycles. The fourth-order valence-electron chi connectivity index (χ4n) is 2.10. The Bertz CT molecular complexity index is 506. The van der Waals surface area contributed by atoms with Crippen LogP contribution >= 0.6 is 0 Å². The first kappa shape index (κ1) is 18.1. The van der Waals surface area contributed by atoms with E-state index >= 15 is 0 Å². The van der Waals surface area contributed by atoms with E-state index in [1.165, 1.54) is 0 Å². The lowest BCUT2D eigenvalue weighted by Gasteiger charge is -2.13. The second-order valence-corrected chi connectivity index (χ2v) is 5.14. The summed E-state index contributed by atoms with van der Waals surface area (Å²) in [4.78, 5) is 23.4. The molecule has 0 saturated carbocycles. The maximum atomic E-state index is 11.9. The molecule has 0 aliphatic carbocycles. The number of hydrogen-bond donors (Lipinski definition) is 2. The largest absolute Gasteiger partial charge is 0.382 e. The van der Waals surface area contributed by atoms with Gasteiger partial charge >= 0.3 is 0 Å². The lowest BCUT2D eigenvalue weighted by molar-refractivity contribution is -0.128. The summed E-state index contributed by atoms with van der Waals surface area (Å²) in [6.07, 6.45) is 0. The highest BCUT2D eigenvalue weighted by molar-refractivity contribution is 5.95. The quantitative estimate of drug-likeness (QED) is 0.710. The van der Waals surface area contributed by atoms with Crippen LogP contribution in [0.3, 0.4) is 0 Å². The maximum absolute atomic E-state index is 11.9. The van der Waals surface area contributed by atoms with Crippen molar-refractivity contribution in [2.24, 2.45) is 0 Å². The fourth-order valence-corrected chi connectivity index (χ4v) is 2.10. The van der Waals surface area contributed by atoms with Gasteiger partial charge in [0.25, 0.3) is 0 Å². The van der Waals surface area contributed by atoms with Gasteiger partial charge in [0.2, 0.25) is 11.8 Å². The minimum absolute atomic E-state index is 0.0841. The SMILES string of the molecule is COCCOCC(=O)NCC(=O)Nc1c(C)cc(C)cc1C. The van der Waals surface area contributed by atoms with Crippen LogP contribution < -0.4 is 10.6 Å². The highest BCUT2D eigenvalue weighted by Gasteiger charge is 2.09. The summed E-state index contributed by atoms with van der Waals surface area (Å²) in [6, 6.07) is 4.01. The maximum Gasteiger partial charge on any atom is 0.246 e. The van der Waals surface area contributed by atoms with E-state index in [1.807, 2.05) is 32.9 Å². The molecule has 1 aromatic rings. The summed E-state index contributed by atoms with van der Waals surface area (Å²) in [5, 5.41) is 5.34. The summed E-state index contributed by atoms with van der Waals surface area (Å²) in [7, 11) is 1.56. The predicted octanol–water partition coefficient (Wildman–Crippen LogP) is 1.33. The van der Waals surface area contributed by atoms with Crippen LogP contribution in [0.25, 0.3) is 0 Å². The Morgan fingerprint density at radius 2 is 1.68 bits per heavy atom. The zero-order chi connectivity index (χ0) is 16.5. The zero-order valence-electron chi connectivity index (χ0n) is 13.6. The first-order chi connectivity index (χ1) is 10.4. The fraction of sp³-hybridized carbons (Fsp3) is 0.500. The molecule has 0 fully saturated rings. The van der Waals surface area contributed by atoms with Crippen molar-refractivity contribution in [2.45, 2.75) is 20.8 Å². The van der Waals surface area contributed by atoms with Crippen LogP contribution in [0.2, 0.25) is 0 Å². The van der Waals surface area contributed by atoms with Gasteiger partial charge in [0.1, 0.15) is 6.61 Å². The van der Waals surface area contributed by atoms with Crippen LogP contribution in [0, 0.1) is 20.8 Å². The molecule has 6 nitrogen and oxygen atoms in total. The van der Waals surface area contributed by atoms with E-state index in [0.29, 0.717) is 13.2 Å². The third kappa shape index (κ3) is 6.24. The van der Waals surface area contributed by atoms with Gasteiger partial charge in [0, 0.05) is 12.8 Å². The molecule has 2 amide bonds. The Labute approximate surface area is 131 Å². The minimum Gasteiger partial charge on any atom is -0.382 e. The van der Waals surface area contributed by atoms with Crippen LogP contribution in [0.1, 0.15) is 16.7 Å². The zero-order valence-corrected chi connectivity index (χ0v) is 13.6. The van der Waals surface area contributed by atoms with Gasteiger partial charge in [-0.2, -0.15) is 0 Å². The lowest BCUT2D eigenvalue weighted by Crippen LogP contribution is -2.35. The highest BCUT2D eigenvalue weighted by atomic mass is 16.5. The molecule has 0 aromatic heterocycles. The summed E-state index contributed by atoms with van der Waals surface area (Å²) in [6.45, 7) is 6.50. The van der Waals surface area contributed by atoms with Crippen LogP contribution in [0.4, 0.5) is 5.69 Å². The molecule has 0 spiro atoms. The summed E-state index contributed by atoms with van der Waals surface area (Å²) in [5.41, 5.74) is 3.94. The van der Waals surface area contributed by atoms with Crippen molar-refractivity contribution in [3.63, 3.8) is 0 Å². The smallest absolute Gasteiger partial charge is 0.246 e. The first-order valence-corrected chi connectivity index (χ1v) is 7.15. The standard InChI is InChI=1S/C16H24N2O4/c1-11-7-12(2)16(13(3)8-11)18-14(19)9-17-15(20)10-22-6-5-21-4/h7-8H,5-6,9-10H2,1-4H3,(H,17,20)(H,18,19). The van der Waals surface area contributed by atoms with Gasteiger partial charge in [-0.15, -0.1) is 0 Å². The van der Waals surface area contributed by atoms with Crippen LogP contribution in [-0.4, -0.2) is 45.3 Å². The van der Waals surface area contributed by atoms with Crippen molar-refractivity contribution in [3.8, 4) is 0 Å². The highest BCUT2D eigenvalue weighted by Crippen LogP contribution is 2.21. The molecule has 2 N–H and O–H groups in total. The third-order valence-corrected chi connectivity index (χ3v) is 3.05. The van der Waals surface area contributed by atoms with Crippen molar-refractivity contribution in [3.05, 3.63) is 28.8 Å². The number of hydrogen-bond acceptors (Lipinski definition) is 4. The molecule has 0 bridgehead atoms. The number of rotatable bonds is 8. The van der Waals surface area contributed by atoms with Crippen LogP contribution in [0.5, 0.6) is 0 Å². The number of ether oxygens (including phenoxy) is 2. The van der Waals surface area contributed by atoms with E-state index in [2.05, 4.69) is 10.6 Å². The van der Waals surface area contributed by atoms with Gasteiger partial charge in [-0.05, 0) is 31.9 Å². The van der Waals surface area contributed by atoms with Crippen LogP contribution in [0.15, 0.2) is 12.1 Å². The molecular formula is C16H24N2O4. The molecule has 1 aromatic carbocycles. The second-order valence-electron chi connectivity index (χ2n) is 5.14. The van der Waals surface area contributed by atoms with Gasteiger partial charge < -0.3 is 20.1 Å². The van der Waals surface area contributed by atoms with E-state index < -0.39 is 0 Å². The monoisotopic (exact) mass is 308 g/mol. The Balaban J connectivity index is 2.39. The van der Waals surface area contributed by atoms with Gasteiger partial charge in [0.05, 0.1) is 19.8 Å². The van der Waals surface area contributed by atoms with Crippen molar-refractivity contribution in [1.82, 2.24) is 5.32 Å². The average Bonchev–Trinajstić information content (AvgIpc) is 2.45. The van der Waals surface area contributed by atoms with E-state index in [4.69, 9.17) is 9.47 Å². The Morgan fingerprint density at radius 3 is 2.27 bits per heavy atom. The van der Waals surface area contributed by atoms with Crippen molar-refractivity contribution in [2.75, 3.05) is 38.8 Å². The number of anilines is 1. The first-order valence-electron chi connectivity index (χ1n) is 7.15. The van der Waals surface area contributed by atoms with E-state index in [-0.39, 0.29) is 25.0 Å². The number of nitrogens with one attached hydrogen (secondary N) is 2. The molecular weight excluding hydrogens is 284 g/mol. The predicted molar refractivity (Wildman–Crippen MR) is 85.0 cm³/mol. The Kier molecular flexibility index (Phi) is 7.56. The Hall–Kier alpha value is -1.92. The molecule has 0 aliphatic rings. The number of benzene rings is 1. The lowest BCUT2D eigenvalue weighted by atomic mass is 10.1. The van der Waals surface area contributed by atoms with Gasteiger partial charge in [-0.25, -0.2) is 0 Å². The number of methoxy groups -OCH3 is 1. The normalized spacial score (nSPS) is 10.4. The van der Waals surface area contributed by atoms with Gasteiger partial charge in [-0.3, -0.25) is 9.59 Å². The molecule has 1 rings (SSSR count). The summed E-state index contributed by atoms with van der Waals surface area (Å²) in [5.74, 6) is -0.594. The number of carbonyl (C=O) groups is 2. The third-order valence-electron chi connectivity index (χ3n) is 3.05. The Morgan fingerprint density at radius 1 is 1.05 bits per heavy atom. The van der Waals surface area contributed by atoms with Crippen molar-refractivity contribution < 1.29 is 19.1 Å². The van der Waals surface area contributed by atoms with Gasteiger partial charge in [0.15, 0.2) is 0 Å². The number of aryl methyl sites for hydroxylation is 3. The van der Waals surface area contributed by atoms with Crippen molar-refractivity contribution >= 4 is 17.5 Å². The molecule has 0 unspecified atom stereocenters. The number of amides is 2. The average molecular weight is 308 g/mol. The van der Waals surface area contributed by atoms with E-state index in [9.17, 15) is 9.59 Å². The van der Waals surface area contributed by atoms with Crippen LogP contribution in [-0.2, 0) is 19.1 Å². The topological polar surface area (TPSA) is 76.7 Å². The molecule has 0 aliphatic heterocycles. The molecule has 0 radical (unpaired) electrons. The van der Waals surface area contributed by atoms with Gasteiger partial charge in [-0.1, -0.05) is 17.7 Å². The number of carbonyl (C=O) groups excluding carboxylic acids is 2. The second kappa shape index (κ2) is 9.17. The van der Waals surface area contributed by atoms with Crippen molar-refractivity contribution in [1.29, 1.82) is 0 Å². The minimum atomic E-state index is -0.330. The molecule has 6 heteroatoms. The molecule has 22 heavy (non-hydrogen) atoms. The summed E-state index contributed by atoms with van der Waals surface area (Å²) < 4.78 is 9.87. The molecule has 0 atom stereocenters. The summed E-state index contributed by atoms with van der Waals surface area (Å²) >= 11 is 0. The molecule has 0 saturated heterocycles. The molecule has 122 valence electrons. The van der Waals surface area contributed by atoms with E-state index in [1.54, 1.807) is 7.11 Å². The van der Waals surface area contributed by atoms with E-state index in [0.717, 1.165) is 22.4 Å².